The predicted molar refractivity (Wildman–Crippen MR) is 159 cm³/mol. The zero-order valence-electron chi connectivity index (χ0n) is 23.9. The summed E-state index contributed by atoms with van der Waals surface area (Å²) in [7, 11) is 1.63. The smallest absolute Gasteiger partial charge is 0.240 e. The zero-order chi connectivity index (χ0) is 28.4. The fourth-order valence-corrected chi connectivity index (χ4v) is 6.63. The minimum absolute atomic E-state index is 0.0256. The molecule has 1 saturated heterocycles. The number of carbonyl (C=O) groups is 2. The molecule has 0 radical (unpaired) electrons. The number of carbonyl (C=O) groups excluding carboxylic acids is 2. The summed E-state index contributed by atoms with van der Waals surface area (Å²) in [6, 6.07) is 15.9. The molecular weight excluding hydrogens is 524 g/mol. The number of rotatable bonds is 7. The molecule has 2 amide bonds. The summed E-state index contributed by atoms with van der Waals surface area (Å²) in [6.07, 6.45) is 1.96. The standard InChI is InChI=1S/C31H38N4O4S/c1-20-9-6-7-11-24(20)28-27-29(31(2,3)4)33-35(21-12-14-22(38-5)15-13-21)30(27)34(26(37)19-40-28)18-25(36)32-17-23-10-8-16-39-23/h6-7,9,11-15,23,28H,8,10,16-19H2,1-5H3,(H,32,36)/t23-,28-/m0/s1. The highest BCUT2D eigenvalue weighted by Gasteiger charge is 2.40. The number of ether oxygens (including phenoxy) is 2. The predicted octanol–water partition coefficient (Wildman–Crippen LogP) is 4.95. The number of hydrogen-bond acceptors (Lipinski definition) is 6. The van der Waals surface area contributed by atoms with Crippen molar-refractivity contribution in [3.63, 3.8) is 0 Å². The molecule has 2 aromatic carbocycles. The van der Waals surface area contributed by atoms with Gasteiger partial charge in [0.15, 0.2) is 0 Å². The molecule has 40 heavy (non-hydrogen) atoms. The normalized spacial score (nSPS) is 19.3. The Balaban J connectivity index is 1.66. The van der Waals surface area contributed by atoms with E-state index < -0.39 is 0 Å². The lowest BCUT2D eigenvalue weighted by Gasteiger charge is -2.25. The second-order valence-corrected chi connectivity index (χ2v) is 12.5. The third-order valence-electron chi connectivity index (χ3n) is 7.44. The second kappa shape index (κ2) is 11.7. The first kappa shape index (κ1) is 28.2. The zero-order valence-corrected chi connectivity index (χ0v) is 24.7. The molecule has 2 aliphatic heterocycles. The minimum Gasteiger partial charge on any atom is -0.497 e. The number of amides is 2. The molecule has 0 aliphatic carbocycles. The third-order valence-corrected chi connectivity index (χ3v) is 8.68. The number of nitrogens with zero attached hydrogens (tertiary/aromatic N) is 3. The highest BCUT2D eigenvalue weighted by Crippen LogP contribution is 2.49. The molecule has 212 valence electrons. The molecule has 3 heterocycles. The molecule has 2 atom stereocenters. The van der Waals surface area contributed by atoms with Crippen LogP contribution in [0.15, 0.2) is 48.5 Å². The summed E-state index contributed by atoms with van der Waals surface area (Å²) in [5.74, 6) is 1.29. The average molecular weight is 563 g/mol. The molecular formula is C31H38N4O4S. The van der Waals surface area contributed by atoms with Gasteiger partial charge in [-0.2, -0.15) is 5.10 Å². The van der Waals surface area contributed by atoms with Gasteiger partial charge in [0, 0.05) is 24.1 Å². The Bertz CT molecular complexity index is 1370. The molecule has 1 N–H and O–H groups in total. The fraction of sp³-hybridized carbons (Fsp3) is 0.452. The van der Waals surface area contributed by atoms with Crippen molar-refractivity contribution in [2.75, 3.05) is 37.5 Å². The van der Waals surface area contributed by atoms with Gasteiger partial charge in [0.1, 0.15) is 18.1 Å². The summed E-state index contributed by atoms with van der Waals surface area (Å²) in [5, 5.41) is 8.03. The van der Waals surface area contributed by atoms with Crippen molar-refractivity contribution in [1.29, 1.82) is 0 Å². The Hall–Kier alpha value is -3.30. The van der Waals surface area contributed by atoms with Gasteiger partial charge in [-0.3, -0.25) is 14.5 Å². The van der Waals surface area contributed by atoms with Gasteiger partial charge < -0.3 is 14.8 Å². The van der Waals surface area contributed by atoms with Crippen LogP contribution in [0.2, 0.25) is 0 Å². The van der Waals surface area contributed by atoms with Gasteiger partial charge in [-0.1, -0.05) is 45.0 Å². The summed E-state index contributed by atoms with van der Waals surface area (Å²) < 4.78 is 12.9. The first-order chi connectivity index (χ1) is 19.2. The maximum Gasteiger partial charge on any atom is 0.240 e. The first-order valence-electron chi connectivity index (χ1n) is 13.8. The van der Waals surface area contributed by atoms with Crippen molar-refractivity contribution in [3.8, 4) is 11.4 Å². The fourth-order valence-electron chi connectivity index (χ4n) is 5.34. The van der Waals surface area contributed by atoms with Crippen molar-refractivity contribution in [2.24, 2.45) is 0 Å². The summed E-state index contributed by atoms with van der Waals surface area (Å²) in [6.45, 7) is 9.59. The molecule has 0 spiro atoms. The van der Waals surface area contributed by atoms with Crippen molar-refractivity contribution >= 4 is 29.4 Å². The number of aryl methyl sites for hydroxylation is 1. The molecule has 1 fully saturated rings. The molecule has 0 saturated carbocycles. The average Bonchev–Trinajstić information content (AvgIpc) is 3.57. The van der Waals surface area contributed by atoms with Crippen LogP contribution in [0.5, 0.6) is 5.75 Å². The van der Waals surface area contributed by atoms with E-state index in [1.54, 1.807) is 23.8 Å². The number of anilines is 1. The van der Waals surface area contributed by atoms with Gasteiger partial charge in [0.25, 0.3) is 0 Å². The highest BCUT2D eigenvalue weighted by molar-refractivity contribution is 8.00. The van der Waals surface area contributed by atoms with E-state index in [0.29, 0.717) is 12.4 Å². The van der Waals surface area contributed by atoms with Gasteiger partial charge >= 0.3 is 0 Å². The largest absolute Gasteiger partial charge is 0.497 e. The first-order valence-corrected chi connectivity index (χ1v) is 14.9. The van der Waals surface area contributed by atoms with Crippen molar-refractivity contribution in [2.45, 2.75) is 57.3 Å². The van der Waals surface area contributed by atoms with Gasteiger partial charge in [0.05, 0.1) is 35.6 Å². The van der Waals surface area contributed by atoms with Crippen LogP contribution in [0.4, 0.5) is 5.82 Å². The number of methoxy groups -OCH3 is 1. The number of thioether (sulfide) groups is 1. The van der Waals surface area contributed by atoms with Crippen LogP contribution < -0.4 is 15.0 Å². The molecule has 3 aromatic rings. The van der Waals surface area contributed by atoms with Crippen LogP contribution in [0, 0.1) is 6.92 Å². The van der Waals surface area contributed by atoms with Crippen LogP contribution in [-0.2, 0) is 19.7 Å². The molecule has 8 nitrogen and oxygen atoms in total. The molecule has 9 heteroatoms. The van der Waals surface area contributed by atoms with E-state index in [2.05, 4.69) is 45.1 Å². The number of fused-ring (bicyclic) bond motifs is 1. The molecule has 5 rings (SSSR count). The Morgan fingerprint density at radius 3 is 2.58 bits per heavy atom. The SMILES string of the molecule is COc1ccc(-n2nc(C(C)(C)C)c3c2N(CC(=O)NC[C@@H]2CCCO2)C(=O)CS[C@H]3c2ccccc2C)cc1. The van der Waals surface area contributed by atoms with Crippen LogP contribution in [-0.4, -0.2) is 60.3 Å². The van der Waals surface area contributed by atoms with Gasteiger partial charge in [-0.15, -0.1) is 11.8 Å². The maximum absolute atomic E-state index is 13.8. The van der Waals surface area contributed by atoms with E-state index in [-0.39, 0.29) is 40.9 Å². The van der Waals surface area contributed by atoms with Crippen molar-refractivity contribution in [1.82, 2.24) is 15.1 Å². The summed E-state index contributed by atoms with van der Waals surface area (Å²) in [5.41, 5.74) is 4.65. The maximum atomic E-state index is 13.8. The Morgan fingerprint density at radius 1 is 1.18 bits per heavy atom. The van der Waals surface area contributed by atoms with Gasteiger partial charge in [-0.05, 0) is 55.2 Å². The van der Waals surface area contributed by atoms with E-state index >= 15 is 0 Å². The third kappa shape index (κ3) is 5.76. The monoisotopic (exact) mass is 562 g/mol. The Morgan fingerprint density at radius 2 is 1.93 bits per heavy atom. The van der Waals surface area contributed by atoms with Crippen LogP contribution in [0.25, 0.3) is 5.69 Å². The van der Waals surface area contributed by atoms with E-state index in [1.807, 2.05) is 41.1 Å². The summed E-state index contributed by atoms with van der Waals surface area (Å²) in [4.78, 5) is 28.7. The quantitative estimate of drug-likeness (QED) is 0.439. The molecule has 0 unspecified atom stereocenters. The lowest BCUT2D eigenvalue weighted by molar-refractivity contribution is -0.123. The lowest BCUT2D eigenvalue weighted by Crippen LogP contribution is -2.44. The van der Waals surface area contributed by atoms with E-state index in [9.17, 15) is 9.59 Å². The minimum atomic E-state index is -0.315. The van der Waals surface area contributed by atoms with Crippen LogP contribution in [0.3, 0.4) is 0 Å². The highest BCUT2D eigenvalue weighted by atomic mass is 32.2. The molecule has 0 bridgehead atoms. The van der Waals surface area contributed by atoms with Gasteiger partial charge in [0.2, 0.25) is 11.8 Å². The van der Waals surface area contributed by atoms with Gasteiger partial charge in [-0.25, -0.2) is 4.68 Å². The number of aromatic nitrogens is 2. The van der Waals surface area contributed by atoms with E-state index in [1.165, 1.54) is 0 Å². The van der Waals surface area contributed by atoms with E-state index in [4.69, 9.17) is 14.6 Å². The van der Waals surface area contributed by atoms with Crippen LogP contribution >= 0.6 is 11.8 Å². The summed E-state index contributed by atoms with van der Waals surface area (Å²) >= 11 is 1.60. The second-order valence-electron chi connectivity index (χ2n) is 11.4. The molecule has 2 aliphatic rings. The lowest BCUT2D eigenvalue weighted by atomic mass is 9.86. The van der Waals surface area contributed by atoms with Crippen molar-refractivity contribution < 1.29 is 19.1 Å². The number of nitrogens with one attached hydrogen (secondary N) is 1. The Kier molecular flexibility index (Phi) is 8.24. The topological polar surface area (TPSA) is 85.7 Å². The Labute approximate surface area is 240 Å². The number of benzene rings is 2. The van der Waals surface area contributed by atoms with Crippen LogP contribution in [0.1, 0.15) is 61.2 Å². The van der Waals surface area contributed by atoms with Crippen molar-refractivity contribution in [3.05, 3.63) is 70.9 Å². The number of hydrogen-bond donors (Lipinski definition) is 1. The van der Waals surface area contributed by atoms with E-state index in [0.717, 1.165) is 53.3 Å². The molecule has 1 aromatic heterocycles.